The van der Waals surface area contributed by atoms with E-state index in [1.165, 1.54) is 50.6 Å². The molecule has 4 nitrogen and oxygen atoms in total. The van der Waals surface area contributed by atoms with Crippen LogP contribution < -0.4 is 0 Å². The Morgan fingerprint density at radius 2 is 1.44 bits per heavy atom. The van der Waals surface area contributed by atoms with Gasteiger partial charge in [-0.2, -0.15) is 0 Å². The second-order valence-electron chi connectivity index (χ2n) is 15.0. The van der Waals surface area contributed by atoms with Crippen molar-refractivity contribution in [3.63, 3.8) is 0 Å². The van der Waals surface area contributed by atoms with Gasteiger partial charge in [-0.15, -0.1) is 0 Å². The summed E-state index contributed by atoms with van der Waals surface area (Å²) < 4.78 is 5.62. The number of nitrogens with zero attached hydrogens (tertiary/aromatic N) is 2. The van der Waals surface area contributed by atoms with Gasteiger partial charge in [0.25, 0.3) is 0 Å². The van der Waals surface area contributed by atoms with Crippen LogP contribution in [0.3, 0.4) is 0 Å². The van der Waals surface area contributed by atoms with Crippen LogP contribution in [0.1, 0.15) is 110 Å². The van der Waals surface area contributed by atoms with E-state index < -0.39 is 0 Å². The quantitative estimate of drug-likeness (QED) is 0.323. The fourth-order valence-corrected chi connectivity index (χ4v) is 7.92. The summed E-state index contributed by atoms with van der Waals surface area (Å²) in [6.07, 6.45) is 10.4. The zero-order chi connectivity index (χ0) is 30.8. The number of benzene rings is 2. The number of amides is 1. The van der Waals surface area contributed by atoms with E-state index in [1.54, 1.807) is 0 Å². The number of piperidine rings is 1. The van der Waals surface area contributed by atoms with E-state index in [0.717, 1.165) is 55.2 Å². The average Bonchev–Trinajstić information content (AvgIpc) is 3.38. The maximum atomic E-state index is 12.7. The first-order valence-electron chi connectivity index (χ1n) is 17.4. The lowest BCUT2D eigenvalue weighted by Crippen LogP contribution is -2.48. The predicted molar refractivity (Wildman–Crippen MR) is 180 cm³/mol. The molecule has 3 aliphatic rings. The van der Waals surface area contributed by atoms with Crippen molar-refractivity contribution in [1.29, 1.82) is 0 Å². The van der Waals surface area contributed by atoms with Gasteiger partial charge in [0.05, 0.1) is 0 Å². The molecule has 2 saturated carbocycles. The van der Waals surface area contributed by atoms with Crippen molar-refractivity contribution in [1.82, 2.24) is 9.80 Å². The van der Waals surface area contributed by atoms with E-state index in [1.807, 2.05) is 35.2 Å². The van der Waals surface area contributed by atoms with E-state index in [4.69, 9.17) is 4.74 Å². The first-order chi connectivity index (χ1) is 20.6. The lowest BCUT2D eigenvalue weighted by atomic mass is 9.70. The summed E-state index contributed by atoms with van der Waals surface area (Å²) in [7, 11) is 0. The summed E-state index contributed by atoms with van der Waals surface area (Å²) >= 11 is 0. The molecule has 4 heteroatoms. The highest BCUT2D eigenvalue weighted by molar-refractivity contribution is 5.68. The third-order valence-electron chi connectivity index (χ3n) is 10.7. The number of rotatable bonds is 7. The number of likely N-dealkylation sites (tertiary alicyclic amines) is 1. The first kappa shape index (κ1) is 33.6. The molecule has 43 heavy (non-hydrogen) atoms. The van der Waals surface area contributed by atoms with Gasteiger partial charge in [0.2, 0.25) is 0 Å². The molecule has 5 rings (SSSR count). The van der Waals surface area contributed by atoms with Crippen LogP contribution in [0.15, 0.2) is 60.7 Å². The Labute approximate surface area is 263 Å². The lowest BCUT2D eigenvalue weighted by molar-refractivity contribution is 0.0601. The molecule has 1 aliphatic heterocycles. The number of hydrogen-bond donors (Lipinski definition) is 0. The number of ether oxygens (including phenoxy) is 1. The van der Waals surface area contributed by atoms with Crippen LogP contribution in [-0.2, 0) is 11.3 Å². The van der Waals surface area contributed by atoms with Gasteiger partial charge in [0.1, 0.15) is 6.61 Å². The summed E-state index contributed by atoms with van der Waals surface area (Å²) in [5.74, 6) is 4.20. The monoisotopic (exact) mass is 588 g/mol. The molecule has 1 unspecified atom stereocenters. The van der Waals surface area contributed by atoms with Crippen LogP contribution in [0.4, 0.5) is 4.79 Å². The summed E-state index contributed by atoms with van der Waals surface area (Å²) in [5, 5.41) is 0. The molecule has 0 spiro atoms. The van der Waals surface area contributed by atoms with Gasteiger partial charge in [-0.1, -0.05) is 108 Å². The summed E-state index contributed by atoms with van der Waals surface area (Å²) in [6, 6.07) is 21.3. The van der Waals surface area contributed by atoms with E-state index in [-0.39, 0.29) is 12.1 Å². The van der Waals surface area contributed by atoms with Crippen molar-refractivity contribution in [3.8, 4) is 0 Å². The minimum atomic E-state index is -0.177. The van der Waals surface area contributed by atoms with Crippen LogP contribution in [0, 0.1) is 29.1 Å². The molecule has 238 valence electrons. The highest BCUT2D eigenvalue weighted by atomic mass is 16.6. The Kier molecular flexibility index (Phi) is 12.6. The molecule has 0 aromatic heterocycles. The van der Waals surface area contributed by atoms with Crippen molar-refractivity contribution >= 4 is 6.09 Å². The fraction of sp³-hybridized carbons (Fsp3) is 0.667. The molecule has 2 aromatic carbocycles. The van der Waals surface area contributed by atoms with E-state index in [2.05, 4.69) is 76.8 Å². The van der Waals surface area contributed by atoms with Crippen molar-refractivity contribution < 1.29 is 9.53 Å². The van der Waals surface area contributed by atoms with Gasteiger partial charge in [0, 0.05) is 32.2 Å². The highest BCUT2D eigenvalue weighted by Gasteiger charge is 2.36. The smallest absolute Gasteiger partial charge is 0.410 e. The van der Waals surface area contributed by atoms with E-state index in [0.29, 0.717) is 24.5 Å². The van der Waals surface area contributed by atoms with Crippen molar-refractivity contribution in [3.05, 3.63) is 71.8 Å². The largest absolute Gasteiger partial charge is 0.445 e. The summed E-state index contributed by atoms with van der Waals surface area (Å²) in [5.41, 5.74) is 3.10. The highest BCUT2D eigenvalue weighted by Crippen LogP contribution is 2.43. The molecule has 1 heterocycles. The van der Waals surface area contributed by atoms with Gasteiger partial charge in [-0.05, 0) is 91.6 Å². The Bertz CT molecular complexity index is 1070. The van der Waals surface area contributed by atoms with Crippen LogP contribution >= 0.6 is 0 Å². The Balaban J connectivity index is 0.000000324. The van der Waals surface area contributed by atoms with Crippen LogP contribution in [0.2, 0.25) is 0 Å². The minimum Gasteiger partial charge on any atom is -0.445 e. The second-order valence-corrected chi connectivity index (χ2v) is 15.0. The Hall–Kier alpha value is -2.33. The van der Waals surface area contributed by atoms with Crippen molar-refractivity contribution in [2.24, 2.45) is 29.1 Å². The van der Waals surface area contributed by atoms with Gasteiger partial charge in [-0.25, -0.2) is 4.79 Å². The van der Waals surface area contributed by atoms with Gasteiger partial charge in [0.15, 0.2) is 0 Å². The van der Waals surface area contributed by atoms with Crippen LogP contribution in [-0.4, -0.2) is 48.1 Å². The van der Waals surface area contributed by atoms with Gasteiger partial charge < -0.3 is 14.5 Å². The topological polar surface area (TPSA) is 32.8 Å². The summed E-state index contributed by atoms with van der Waals surface area (Å²) in [6.45, 7) is 18.4. The molecule has 1 saturated heterocycles. The molecular weight excluding hydrogens is 528 g/mol. The Morgan fingerprint density at radius 1 is 0.837 bits per heavy atom. The molecule has 3 fully saturated rings. The van der Waals surface area contributed by atoms with E-state index >= 15 is 0 Å². The number of carbonyl (C=O) groups is 1. The maximum absolute atomic E-state index is 12.7. The zero-order valence-corrected chi connectivity index (χ0v) is 28.1. The molecule has 2 aliphatic carbocycles. The molecule has 1 amide bonds. The SMILES string of the molecule is CC1CCC(C(C)(C)C)CC1.CCN(C(=O)OCc1ccccc1)C1CCN(C[C@H]2CC(C)C[C@@H]2c2ccccc2)CC1. The standard InChI is InChI=1S/C28H38N2O2.C11H22/c1-3-30(28(31)32-21-23-10-6-4-7-11-23)26-14-16-29(17-15-26)20-25-18-22(2)19-27(25)24-12-8-5-9-13-24;1-9-5-7-10(8-6-9)11(2,3)4/h4-13,22,25-27H,3,14-21H2,1-2H3;9-10H,5-8H2,1-4H3/t22?,25-,27-;/m1./s1. The maximum Gasteiger partial charge on any atom is 0.410 e. The molecule has 0 radical (unpaired) electrons. The van der Waals surface area contributed by atoms with E-state index in [9.17, 15) is 4.79 Å². The fourth-order valence-electron chi connectivity index (χ4n) is 7.92. The predicted octanol–water partition coefficient (Wildman–Crippen LogP) is 9.80. The second kappa shape index (κ2) is 16.1. The molecule has 2 aromatic rings. The Morgan fingerprint density at radius 3 is 2.02 bits per heavy atom. The number of carbonyl (C=O) groups excluding carboxylic acids is 1. The minimum absolute atomic E-state index is 0.177. The lowest BCUT2D eigenvalue weighted by Gasteiger charge is -2.39. The van der Waals surface area contributed by atoms with Crippen LogP contribution in [0.25, 0.3) is 0 Å². The summed E-state index contributed by atoms with van der Waals surface area (Å²) in [4.78, 5) is 17.3. The van der Waals surface area contributed by atoms with Crippen molar-refractivity contribution in [2.75, 3.05) is 26.2 Å². The van der Waals surface area contributed by atoms with Gasteiger partial charge >= 0.3 is 6.09 Å². The normalized spacial score (nSPS) is 26.8. The zero-order valence-electron chi connectivity index (χ0n) is 28.1. The third-order valence-corrected chi connectivity index (χ3v) is 10.7. The number of hydrogen-bond acceptors (Lipinski definition) is 3. The molecule has 0 bridgehead atoms. The van der Waals surface area contributed by atoms with Crippen molar-refractivity contribution in [2.45, 2.75) is 111 Å². The van der Waals surface area contributed by atoms with Gasteiger partial charge in [-0.3, -0.25) is 0 Å². The van der Waals surface area contributed by atoms with Crippen LogP contribution in [0.5, 0.6) is 0 Å². The molecular formula is C39H60N2O2. The average molecular weight is 589 g/mol. The molecule has 0 N–H and O–H groups in total. The third kappa shape index (κ3) is 10.1. The first-order valence-corrected chi connectivity index (χ1v) is 17.4. The molecule has 3 atom stereocenters.